The van der Waals surface area contributed by atoms with Gasteiger partial charge in [0.25, 0.3) is 0 Å². The Morgan fingerprint density at radius 1 is 1.37 bits per heavy atom. The molecule has 4 heteroatoms. The summed E-state index contributed by atoms with van der Waals surface area (Å²) in [5.74, 6) is 0.114. The maximum Gasteiger partial charge on any atom is 0.137 e. The van der Waals surface area contributed by atoms with Crippen molar-refractivity contribution in [2.45, 2.75) is 33.6 Å². The highest BCUT2D eigenvalue weighted by atomic mass is 16.3. The van der Waals surface area contributed by atoms with Crippen LogP contribution >= 0.6 is 0 Å². The van der Waals surface area contributed by atoms with Gasteiger partial charge in [0.1, 0.15) is 11.5 Å². The quantitative estimate of drug-likeness (QED) is 0.729. The SMILES string of the molecule is CC(CC(=O)Cc1ccc(N=O)cc1)C(C)(C)C#N. The predicted octanol–water partition coefficient (Wildman–Crippen LogP) is 3.77. The zero-order valence-corrected chi connectivity index (χ0v) is 11.5. The van der Waals surface area contributed by atoms with Crippen LogP contribution in [0, 0.1) is 27.6 Å². The average Bonchev–Trinajstić information content (AvgIpc) is 2.39. The van der Waals surface area contributed by atoms with Gasteiger partial charge in [-0.25, -0.2) is 0 Å². The van der Waals surface area contributed by atoms with Gasteiger partial charge in [-0.2, -0.15) is 5.26 Å². The van der Waals surface area contributed by atoms with Crippen LogP contribution in [0.4, 0.5) is 5.69 Å². The Labute approximate surface area is 113 Å². The van der Waals surface area contributed by atoms with Crippen LogP contribution < -0.4 is 0 Å². The molecule has 1 aromatic carbocycles. The zero-order valence-electron chi connectivity index (χ0n) is 11.5. The second-order valence-corrected chi connectivity index (χ2v) is 5.41. The van der Waals surface area contributed by atoms with Crippen molar-refractivity contribution in [3.63, 3.8) is 0 Å². The summed E-state index contributed by atoms with van der Waals surface area (Å²) in [6.45, 7) is 5.60. The van der Waals surface area contributed by atoms with Crippen molar-refractivity contribution in [1.82, 2.24) is 0 Å². The minimum atomic E-state index is -0.499. The summed E-state index contributed by atoms with van der Waals surface area (Å²) in [4.78, 5) is 22.2. The Morgan fingerprint density at radius 2 is 1.95 bits per heavy atom. The highest BCUT2D eigenvalue weighted by Gasteiger charge is 2.27. The number of Topliss-reactive ketones (excluding diaryl/α,β-unsaturated/α-hetero) is 1. The summed E-state index contributed by atoms with van der Waals surface area (Å²) in [7, 11) is 0. The van der Waals surface area contributed by atoms with Crippen LogP contribution in [0.3, 0.4) is 0 Å². The summed E-state index contributed by atoms with van der Waals surface area (Å²) in [5, 5.41) is 11.8. The van der Waals surface area contributed by atoms with Crippen LogP contribution in [0.2, 0.25) is 0 Å². The second kappa shape index (κ2) is 6.24. The molecule has 1 aromatic rings. The Bertz CT molecular complexity index is 498. The molecule has 0 bridgehead atoms. The van der Waals surface area contributed by atoms with E-state index >= 15 is 0 Å². The molecule has 0 spiro atoms. The lowest BCUT2D eigenvalue weighted by Crippen LogP contribution is -2.22. The van der Waals surface area contributed by atoms with E-state index in [1.165, 1.54) is 0 Å². The minimum Gasteiger partial charge on any atom is -0.299 e. The smallest absolute Gasteiger partial charge is 0.137 e. The highest BCUT2D eigenvalue weighted by Crippen LogP contribution is 2.28. The van der Waals surface area contributed by atoms with E-state index in [1.54, 1.807) is 24.3 Å². The van der Waals surface area contributed by atoms with Gasteiger partial charge in [0.15, 0.2) is 0 Å². The Kier molecular flexibility index (Phi) is 4.94. The lowest BCUT2D eigenvalue weighted by Gasteiger charge is -2.23. The maximum absolute atomic E-state index is 11.9. The molecule has 1 rings (SSSR count). The number of nitriles is 1. The lowest BCUT2D eigenvalue weighted by molar-refractivity contribution is -0.119. The summed E-state index contributed by atoms with van der Waals surface area (Å²) in [6, 6.07) is 8.88. The Hall–Kier alpha value is -2.02. The van der Waals surface area contributed by atoms with Gasteiger partial charge in [-0.3, -0.25) is 4.79 Å². The van der Waals surface area contributed by atoms with Crippen molar-refractivity contribution in [3.8, 4) is 6.07 Å². The van der Waals surface area contributed by atoms with E-state index < -0.39 is 5.41 Å². The first-order chi connectivity index (χ1) is 8.89. The predicted molar refractivity (Wildman–Crippen MR) is 73.8 cm³/mol. The van der Waals surface area contributed by atoms with Crippen molar-refractivity contribution in [2.75, 3.05) is 0 Å². The number of carbonyl (C=O) groups excluding carboxylic acids is 1. The van der Waals surface area contributed by atoms with Crippen LogP contribution in [0.15, 0.2) is 29.4 Å². The number of nitrogens with zero attached hydrogens (tertiary/aromatic N) is 2. The molecule has 0 saturated carbocycles. The molecule has 0 N–H and O–H groups in total. The molecular weight excluding hydrogens is 240 g/mol. The van der Waals surface area contributed by atoms with E-state index in [0.29, 0.717) is 18.5 Å². The molecule has 0 heterocycles. The van der Waals surface area contributed by atoms with Crippen molar-refractivity contribution in [1.29, 1.82) is 5.26 Å². The summed E-state index contributed by atoms with van der Waals surface area (Å²) in [6.07, 6.45) is 0.708. The first-order valence-corrected chi connectivity index (χ1v) is 6.24. The van der Waals surface area contributed by atoms with Gasteiger partial charge < -0.3 is 0 Å². The van der Waals surface area contributed by atoms with Crippen molar-refractivity contribution >= 4 is 11.5 Å². The highest BCUT2D eigenvalue weighted by molar-refractivity contribution is 5.81. The van der Waals surface area contributed by atoms with Crippen molar-refractivity contribution in [3.05, 3.63) is 34.7 Å². The molecule has 0 aromatic heterocycles. The first kappa shape index (κ1) is 15.0. The standard InChI is InChI=1S/C15H18N2O2/c1-11(15(2,3)10-16)8-14(18)9-12-4-6-13(17-19)7-5-12/h4-7,11H,8-9H2,1-3H3. The number of ketones is 1. The molecule has 0 aliphatic rings. The van der Waals surface area contributed by atoms with Crippen LogP contribution in [0.5, 0.6) is 0 Å². The third kappa shape index (κ3) is 4.29. The minimum absolute atomic E-state index is 0.0147. The van der Waals surface area contributed by atoms with Crippen LogP contribution in [-0.4, -0.2) is 5.78 Å². The number of carbonyl (C=O) groups is 1. The van der Waals surface area contributed by atoms with Crippen LogP contribution in [-0.2, 0) is 11.2 Å². The number of hydrogen-bond donors (Lipinski definition) is 0. The maximum atomic E-state index is 11.9. The third-order valence-electron chi connectivity index (χ3n) is 3.50. The van der Waals surface area contributed by atoms with Gasteiger partial charge in [0.2, 0.25) is 0 Å². The monoisotopic (exact) mass is 258 g/mol. The first-order valence-electron chi connectivity index (χ1n) is 6.24. The molecule has 0 aliphatic carbocycles. The molecule has 4 nitrogen and oxygen atoms in total. The van der Waals surface area contributed by atoms with E-state index in [2.05, 4.69) is 11.2 Å². The molecule has 0 fully saturated rings. The number of benzene rings is 1. The van der Waals surface area contributed by atoms with Crippen molar-refractivity contribution in [2.24, 2.45) is 16.5 Å². The fraction of sp³-hybridized carbons (Fsp3) is 0.467. The zero-order chi connectivity index (χ0) is 14.5. The van der Waals surface area contributed by atoms with Gasteiger partial charge in [-0.15, -0.1) is 4.91 Å². The average molecular weight is 258 g/mol. The molecule has 1 atom stereocenters. The summed E-state index contributed by atoms with van der Waals surface area (Å²) < 4.78 is 0. The van der Waals surface area contributed by atoms with Gasteiger partial charge in [-0.1, -0.05) is 19.1 Å². The van der Waals surface area contributed by atoms with Crippen molar-refractivity contribution < 1.29 is 4.79 Å². The normalized spacial score (nSPS) is 12.5. The van der Waals surface area contributed by atoms with E-state index in [0.717, 1.165) is 5.56 Å². The lowest BCUT2D eigenvalue weighted by atomic mass is 9.78. The largest absolute Gasteiger partial charge is 0.299 e. The fourth-order valence-electron chi connectivity index (χ4n) is 1.68. The molecular formula is C15H18N2O2. The van der Waals surface area contributed by atoms with E-state index in [1.807, 2.05) is 20.8 Å². The number of nitroso groups, excluding NO2 is 1. The Balaban J connectivity index is 2.60. The molecule has 0 amide bonds. The third-order valence-corrected chi connectivity index (χ3v) is 3.50. The molecule has 0 radical (unpaired) electrons. The molecule has 100 valence electrons. The van der Waals surface area contributed by atoms with Gasteiger partial charge in [-0.05, 0) is 42.6 Å². The Morgan fingerprint density at radius 3 is 2.42 bits per heavy atom. The van der Waals surface area contributed by atoms with Gasteiger partial charge >= 0.3 is 0 Å². The van der Waals surface area contributed by atoms with E-state index in [4.69, 9.17) is 5.26 Å². The molecule has 19 heavy (non-hydrogen) atoms. The fourth-order valence-corrected chi connectivity index (χ4v) is 1.68. The van der Waals surface area contributed by atoms with Crippen LogP contribution in [0.1, 0.15) is 32.8 Å². The number of hydrogen-bond acceptors (Lipinski definition) is 4. The number of rotatable bonds is 6. The summed E-state index contributed by atoms with van der Waals surface area (Å²) in [5.41, 5.74) is 0.718. The van der Waals surface area contributed by atoms with Gasteiger partial charge in [0.05, 0.1) is 11.5 Å². The van der Waals surface area contributed by atoms with Crippen LogP contribution in [0.25, 0.3) is 0 Å². The topological polar surface area (TPSA) is 70.3 Å². The van der Waals surface area contributed by atoms with E-state index in [-0.39, 0.29) is 11.7 Å². The van der Waals surface area contributed by atoms with Gasteiger partial charge in [0, 0.05) is 12.8 Å². The van der Waals surface area contributed by atoms with E-state index in [9.17, 15) is 9.70 Å². The molecule has 0 saturated heterocycles. The molecule has 0 aliphatic heterocycles. The second-order valence-electron chi connectivity index (χ2n) is 5.41. The summed E-state index contributed by atoms with van der Waals surface area (Å²) >= 11 is 0. The molecule has 1 unspecified atom stereocenters.